The first-order valence-electron chi connectivity index (χ1n) is 28.7. The van der Waals surface area contributed by atoms with Crippen LogP contribution in [0.2, 0.25) is 0 Å². The highest BCUT2D eigenvalue weighted by Gasteiger charge is 2.43. The standard InChI is InChI=1S/C76H45BN4O3/c1-41-33-42(2)70(43(3)34-41)45-23-30-68-58(35-45)77-59-40-57-56-39-49(80-62-19-11-7-15-52(62)53-16-8-12-20-63(53)80)27-32-67(56)84-76(57)72-71-64(81(74(59)72)65-36-46(37-69(82-68)73(65)77)44-21-24-47(78-4)25-22-44)29-28-54-55-38-48(26-31-66(55)83-75(54)71)79-60-17-9-5-13-50(60)51-14-6-10-18-61(51)79/h5-40H,1-3H3. The van der Waals surface area contributed by atoms with Crippen LogP contribution in [0.15, 0.2) is 227 Å². The molecule has 2 aliphatic heterocycles. The van der Waals surface area contributed by atoms with E-state index in [1.807, 2.05) is 24.3 Å². The average Bonchev–Trinajstić information content (AvgIpc) is 1.49. The quantitative estimate of drug-likeness (QED) is 0.130. The van der Waals surface area contributed by atoms with Gasteiger partial charge in [0.05, 0.1) is 50.4 Å². The van der Waals surface area contributed by atoms with Crippen molar-refractivity contribution in [2.75, 3.05) is 0 Å². The Labute approximate surface area is 480 Å². The van der Waals surface area contributed by atoms with Gasteiger partial charge in [-0.25, -0.2) is 4.85 Å². The van der Waals surface area contributed by atoms with E-state index in [0.717, 1.165) is 144 Å². The predicted octanol–water partition coefficient (Wildman–Crippen LogP) is 18.5. The maximum Gasteiger partial charge on any atom is 0.256 e. The Hall–Kier alpha value is -11.0. The molecule has 0 unspecified atom stereocenters. The lowest BCUT2D eigenvalue weighted by atomic mass is 9.34. The van der Waals surface area contributed by atoms with Crippen molar-refractivity contribution in [1.82, 2.24) is 13.7 Å². The van der Waals surface area contributed by atoms with Crippen LogP contribution in [0.4, 0.5) is 5.69 Å². The SMILES string of the molecule is [C-]#[N+]c1ccc(-c2cc3c4c(c2)-n2c5ccc6c7cc(-n8c9ccccc9c9ccccc98)ccc7oc6c5c5c6oc7ccc(-n8c9ccccc9c9ccccc98)cc7c6cc(c52)B4c2cc(-c4c(C)cc(C)cc4C)ccc2O3)cc1. The number of aromatic nitrogens is 3. The number of hydrogen-bond acceptors (Lipinski definition) is 3. The van der Waals surface area contributed by atoms with E-state index in [4.69, 9.17) is 20.1 Å². The van der Waals surface area contributed by atoms with Gasteiger partial charge in [-0.1, -0.05) is 133 Å². The lowest BCUT2D eigenvalue weighted by Crippen LogP contribution is -2.58. The monoisotopic (exact) mass is 1070 g/mol. The zero-order valence-corrected chi connectivity index (χ0v) is 45.9. The van der Waals surface area contributed by atoms with E-state index in [2.05, 4.69) is 233 Å². The van der Waals surface area contributed by atoms with Crippen molar-refractivity contribution in [3.63, 3.8) is 0 Å². The van der Waals surface area contributed by atoms with Gasteiger partial charge >= 0.3 is 0 Å². The summed E-state index contributed by atoms with van der Waals surface area (Å²) in [6.45, 7) is 14.2. The van der Waals surface area contributed by atoms with Crippen molar-refractivity contribution >= 4 is 138 Å². The lowest BCUT2D eigenvalue weighted by molar-refractivity contribution is 0.487. The summed E-state index contributed by atoms with van der Waals surface area (Å²) in [4.78, 5) is 3.74. The fourth-order valence-electron chi connectivity index (χ4n) is 15.2. The molecular formula is C76H45BN4O3. The molecule has 0 fully saturated rings. The second-order valence-electron chi connectivity index (χ2n) is 23.2. The van der Waals surface area contributed by atoms with E-state index in [-0.39, 0.29) is 6.71 Å². The predicted molar refractivity (Wildman–Crippen MR) is 347 cm³/mol. The van der Waals surface area contributed by atoms with Gasteiger partial charge in [0.1, 0.15) is 33.8 Å². The van der Waals surface area contributed by atoms with E-state index >= 15 is 0 Å². The molecule has 0 N–H and O–H groups in total. The van der Waals surface area contributed by atoms with Gasteiger partial charge in [-0.15, -0.1) is 0 Å². The fourth-order valence-corrected chi connectivity index (χ4v) is 15.2. The number of hydrogen-bond donors (Lipinski definition) is 0. The van der Waals surface area contributed by atoms with Gasteiger partial charge in [0.15, 0.2) is 5.69 Å². The molecule has 19 rings (SSSR count). The fraction of sp³-hybridized carbons (Fsp3) is 0.0395. The second kappa shape index (κ2) is 16.3. The van der Waals surface area contributed by atoms with E-state index < -0.39 is 0 Å². The van der Waals surface area contributed by atoms with E-state index in [1.165, 1.54) is 49.3 Å². The molecule has 0 saturated carbocycles. The third-order valence-electron chi connectivity index (χ3n) is 18.5. The Morgan fingerprint density at radius 3 is 1.56 bits per heavy atom. The van der Waals surface area contributed by atoms with E-state index in [0.29, 0.717) is 5.69 Å². The number of ether oxygens (including phenoxy) is 1. The zero-order valence-electron chi connectivity index (χ0n) is 45.9. The summed E-state index contributed by atoms with van der Waals surface area (Å²) in [6.07, 6.45) is 0. The molecule has 5 aromatic heterocycles. The van der Waals surface area contributed by atoms with Crippen LogP contribution in [0.3, 0.4) is 0 Å². The Kier molecular flexibility index (Phi) is 8.89. The van der Waals surface area contributed by atoms with Gasteiger partial charge in [-0.3, -0.25) is 0 Å². The van der Waals surface area contributed by atoms with Crippen molar-refractivity contribution in [2.24, 2.45) is 0 Å². The molecule has 0 aliphatic carbocycles. The summed E-state index contributed by atoms with van der Waals surface area (Å²) in [5, 5.41) is 11.0. The molecular weight excluding hydrogens is 1030 g/mol. The van der Waals surface area contributed by atoms with Crippen LogP contribution in [0, 0.1) is 27.3 Å². The van der Waals surface area contributed by atoms with Crippen molar-refractivity contribution in [3.8, 4) is 50.8 Å². The Morgan fingerprint density at radius 1 is 0.405 bits per heavy atom. The summed E-state index contributed by atoms with van der Waals surface area (Å²) in [5.41, 5.74) is 25.2. The van der Waals surface area contributed by atoms with E-state index in [1.54, 1.807) is 0 Å². The van der Waals surface area contributed by atoms with Crippen LogP contribution < -0.4 is 21.1 Å². The molecule has 8 heteroatoms. The Balaban J connectivity index is 0.950. The molecule has 7 nitrogen and oxygen atoms in total. The summed E-state index contributed by atoms with van der Waals surface area (Å²) in [7, 11) is 0. The molecule has 2 aliphatic rings. The van der Waals surface area contributed by atoms with Crippen LogP contribution in [-0.2, 0) is 0 Å². The number of fused-ring (bicyclic) bond motifs is 21. The average molecular weight is 1070 g/mol. The number of para-hydroxylation sites is 4. The van der Waals surface area contributed by atoms with Crippen molar-refractivity contribution in [1.29, 1.82) is 0 Å². The van der Waals surface area contributed by atoms with Crippen molar-refractivity contribution in [3.05, 3.63) is 246 Å². The van der Waals surface area contributed by atoms with Crippen molar-refractivity contribution < 1.29 is 13.6 Å². The van der Waals surface area contributed by atoms with Gasteiger partial charge in [0.25, 0.3) is 6.71 Å². The molecule has 17 aromatic rings. The Morgan fingerprint density at radius 2 is 0.964 bits per heavy atom. The molecule has 390 valence electrons. The smallest absolute Gasteiger partial charge is 0.256 e. The molecule has 0 radical (unpaired) electrons. The van der Waals surface area contributed by atoms with Gasteiger partial charge in [0.2, 0.25) is 0 Å². The molecule has 12 aromatic carbocycles. The van der Waals surface area contributed by atoms with E-state index in [9.17, 15) is 0 Å². The lowest BCUT2D eigenvalue weighted by Gasteiger charge is -2.34. The number of rotatable bonds is 4. The van der Waals surface area contributed by atoms with Crippen LogP contribution >= 0.6 is 0 Å². The largest absolute Gasteiger partial charge is 0.458 e. The molecule has 0 atom stereocenters. The first-order chi connectivity index (χ1) is 41.3. The molecule has 0 spiro atoms. The number of benzene rings is 12. The van der Waals surface area contributed by atoms with Crippen LogP contribution in [0.1, 0.15) is 16.7 Å². The van der Waals surface area contributed by atoms with Gasteiger partial charge < -0.3 is 27.3 Å². The van der Waals surface area contributed by atoms with Crippen molar-refractivity contribution in [2.45, 2.75) is 20.8 Å². The summed E-state index contributed by atoms with van der Waals surface area (Å²) >= 11 is 0. The highest BCUT2D eigenvalue weighted by Crippen LogP contribution is 2.49. The normalized spacial score (nSPS) is 12.8. The topological polar surface area (TPSA) is 54.7 Å². The zero-order chi connectivity index (χ0) is 55.4. The minimum atomic E-state index is -0.238. The molecule has 0 saturated heterocycles. The summed E-state index contributed by atoms with van der Waals surface area (Å²) in [5.74, 6) is 1.63. The molecule has 0 bridgehead atoms. The third-order valence-corrected chi connectivity index (χ3v) is 18.5. The molecule has 7 heterocycles. The van der Waals surface area contributed by atoms with Crippen LogP contribution in [0.25, 0.3) is 153 Å². The first kappa shape index (κ1) is 45.7. The summed E-state index contributed by atoms with van der Waals surface area (Å²) < 4.78 is 29.3. The van der Waals surface area contributed by atoms with Crippen LogP contribution in [0.5, 0.6) is 11.5 Å². The highest BCUT2D eigenvalue weighted by molar-refractivity contribution is 6.99. The highest BCUT2D eigenvalue weighted by atomic mass is 16.5. The first-order valence-corrected chi connectivity index (χ1v) is 28.7. The second-order valence-corrected chi connectivity index (χ2v) is 23.2. The van der Waals surface area contributed by atoms with Crippen LogP contribution in [-0.4, -0.2) is 20.4 Å². The summed E-state index contributed by atoms with van der Waals surface area (Å²) in [6, 6.07) is 78.9. The Bertz CT molecular complexity index is 5770. The van der Waals surface area contributed by atoms with Gasteiger partial charge in [0, 0.05) is 60.2 Å². The molecule has 84 heavy (non-hydrogen) atoms. The molecule has 0 amide bonds. The third kappa shape index (κ3) is 5.99. The number of aryl methyl sites for hydroxylation is 3. The minimum Gasteiger partial charge on any atom is -0.458 e. The van der Waals surface area contributed by atoms with Gasteiger partial charge in [-0.05, 0) is 162 Å². The number of furan rings is 2. The maximum atomic E-state index is 7.77. The maximum absolute atomic E-state index is 7.77. The number of nitrogens with zero attached hydrogens (tertiary/aromatic N) is 4. The van der Waals surface area contributed by atoms with Gasteiger partial charge in [-0.2, -0.15) is 0 Å². The minimum absolute atomic E-state index is 0.238.